The lowest BCUT2D eigenvalue weighted by Gasteiger charge is -2.28. The molecule has 26 heavy (non-hydrogen) atoms. The van der Waals surface area contributed by atoms with Gasteiger partial charge in [-0.25, -0.2) is 9.18 Å². The van der Waals surface area contributed by atoms with Crippen molar-refractivity contribution >= 4 is 46.9 Å². The number of halogens is 1. The van der Waals surface area contributed by atoms with Gasteiger partial charge in [0.2, 0.25) is 0 Å². The zero-order valence-corrected chi connectivity index (χ0v) is 13.9. The number of hydrogen-bond donors (Lipinski definition) is 2. The van der Waals surface area contributed by atoms with Crippen LogP contribution in [0, 0.1) is 5.82 Å². The summed E-state index contributed by atoms with van der Waals surface area (Å²) in [6, 6.07) is 10.8. The first-order chi connectivity index (χ1) is 12.4. The number of thiocarbonyl (C=S) groups is 1. The Hall–Kier alpha value is -3.39. The molecule has 1 aliphatic rings. The Balaban J connectivity index is 1.96. The predicted molar refractivity (Wildman–Crippen MR) is 96.0 cm³/mol. The van der Waals surface area contributed by atoms with E-state index in [1.807, 2.05) is 0 Å². The Labute approximate surface area is 152 Å². The number of carboxylic acids is 1. The van der Waals surface area contributed by atoms with Crippen LogP contribution in [0.1, 0.15) is 15.9 Å². The number of anilines is 1. The van der Waals surface area contributed by atoms with Gasteiger partial charge in [-0.05, 0) is 60.3 Å². The maximum Gasteiger partial charge on any atom is 0.335 e. The van der Waals surface area contributed by atoms with Crippen LogP contribution in [0.3, 0.4) is 0 Å². The highest BCUT2D eigenvalue weighted by Gasteiger charge is 2.34. The largest absolute Gasteiger partial charge is 0.478 e. The zero-order chi connectivity index (χ0) is 18.8. The van der Waals surface area contributed by atoms with Gasteiger partial charge in [-0.15, -0.1) is 0 Å². The number of aromatic carboxylic acids is 1. The molecule has 0 unspecified atom stereocenters. The summed E-state index contributed by atoms with van der Waals surface area (Å²) in [6.07, 6.45) is 1.33. The first kappa shape index (κ1) is 17.4. The monoisotopic (exact) mass is 370 g/mol. The van der Waals surface area contributed by atoms with Crippen LogP contribution < -0.4 is 10.2 Å². The SMILES string of the molecule is O=C1NC(=S)N(c2ccc(F)cc2)C(=O)C1=Cc1ccc(C(=O)O)cc1. The summed E-state index contributed by atoms with van der Waals surface area (Å²) >= 11 is 5.05. The van der Waals surface area contributed by atoms with Crippen LogP contribution in [0.2, 0.25) is 0 Å². The lowest BCUT2D eigenvalue weighted by atomic mass is 10.1. The molecule has 1 heterocycles. The smallest absolute Gasteiger partial charge is 0.335 e. The molecule has 2 aromatic carbocycles. The maximum absolute atomic E-state index is 13.1. The van der Waals surface area contributed by atoms with Crippen LogP contribution in [0.25, 0.3) is 6.08 Å². The molecule has 0 aliphatic carbocycles. The molecule has 8 heteroatoms. The van der Waals surface area contributed by atoms with E-state index in [0.717, 1.165) is 4.90 Å². The van der Waals surface area contributed by atoms with Gasteiger partial charge >= 0.3 is 5.97 Å². The number of nitrogens with one attached hydrogen (secondary N) is 1. The minimum Gasteiger partial charge on any atom is -0.478 e. The van der Waals surface area contributed by atoms with E-state index in [0.29, 0.717) is 11.3 Å². The third-order valence-electron chi connectivity index (χ3n) is 3.66. The van der Waals surface area contributed by atoms with Crippen molar-refractivity contribution in [3.63, 3.8) is 0 Å². The van der Waals surface area contributed by atoms with Crippen LogP contribution in [-0.2, 0) is 9.59 Å². The Bertz CT molecular complexity index is 952. The second-order valence-corrected chi connectivity index (χ2v) is 5.75. The predicted octanol–water partition coefficient (Wildman–Crippen LogP) is 2.36. The van der Waals surface area contributed by atoms with Gasteiger partial charge in [0.1, 0.15) is 11.4 Å². The Morgan fingerprint density at radius 2 is 1.69 bits per heavy atom. The number of carboxylic acid groups (broad SMARTS) is 1. The van der Waals surface area contributed by atoms with Crippen LogP contribution in [0.5, 0.6) is 0 Å². The van der Waals surface area contributed by atoms with Gasteiger partial charge in [0.25, 0.3) is 11.8 Å². The van der Waals surface area contributed by atoms with Crippen LogP contribution in [0.4, 0.5) is 10.1 Å². The quantitative estimate of drug-likeness (QED) is 0.492. The molecule has 0 spiro atoms. The van der Waals surface area contributed by atoms with Crippen molar-refractivity contribution in [3.05, 3.63) is 71.0 Å². The number of hydrogen-bond acceptors (Lipinski definition) is 4. The van der Waals surface area contributed by atoms with Crippen molar-refractivity contribution in [1.82, 2.24) is 5.32 Å². The molecular formula is C18H11FN2O4S. The fraction of sp³-hybridized carbons (Fsp3) is 0. The lowest BCUT2D eigenvalue weighted by Crippen LogP contribution is -2.54. The number of benzene rings is 2. The van der Waals surface area contributed by atoms with Crippen molar-refractivity contribution in [2.75, 3.05) is 4.90 Å². The zero-order valence-electron chi connectivity index (χ0n) is 13.1. The molecule has 2 amide bonds. The molecule has 0 bridgehead atoms. The third-order valence-corrected chi connectivity index (χ3v) is 3.94. The van der Waals surface area contributed by atoms with E-state index in [9.17, 15) is 18.8 Å². The van der Waals surface area contributed by atoms with Crippen LogP contribution in [-0.4, -0.2) is 28.0 Å². The Morgan fingerprint density at radius 3 is 2.27 bits per heavy atom. The van der Waals surface area contributed by atoms with E-state index in [-0.39, 0.29) is 16.2 Å². The molecule has 0 saturated carbocycles. The van der Waals surface area contributed by atoms with E-state index in [4.69, 9.17) is 17.3 Å². The Kier molecular flexibility index (Phi) is 4.59. The molecule has 1 fully saturated rings. The summed E-state index contributed by atoms with van der Waals surface area (Å²) < 4.78 is 13.1. The molecule has 1 aliphatic heterocycles. The summed E-state index contributed by atoms with van der Waals surface area (Å²) in [6.45, 7) is 0. The van der Waals surface area contributed by atoms with E-state index < -0.39 is 23.6 Å². The normalized spacial score (nSPS) is 16.0. The molecule has 130 valence electrons. The molecule has 6 nitrogen and oxygen atoms in total. The highest BCUT2D eigenvalue weighted by atomic mass is 32.1. The molecule has 1 saturated heterocycles. The van der Waals surface area contributed by atoms with Gasteiger partial charge in [-0.1, -0.05) is 12.1 Å². The average molecular weight is 370 g/mol. The summed E-state index contributed by atoms with van der Waals surface area (Å²) in [7, 11) is 0. The van der Waals surface area contributed by atoms with Crippen molar-refractivity contribution in [3.8, 4) is 0 Å². The fourth-order valence-corrected chi connectivity index (χ4v) is 2.65. The molecule has 3 rings (SSSR count). The van der Waals surface area contributed by atoms with Crippen molar-refractivity contribution in [2.45, 2.75) is 0 Å². The van der Waals surface area contributed by atoms with Crippen molar-refractivity contribution in [1.29, 1.82) is 0 Å². The van der Waals surface area contributed by atoms with Crippen LogP contribution >= 0.6 is 12.2 Å². The highest BCUT2D eigenvalue weighted by Crippen LogP contribution is 2.22. The second kappa shape index (κ2) is 6.85. The fourth-order valence-electron chi connectivity index (χ4n) is 2.37. The van der Waals surface area contributed by atoms with E-state index in [1.165, 1.54) is 54.6 Å². The van der Waals surface area contributed by atoms with Crippen LogP contribution in [0.15, 0.2) is 54.1 Å². The van der Waals surface area contributed by atoms with Gasteiger partial charge in [-0.3, -0.25) is 19.8 Å². The average Bonchev–Trinajstić information content (AvgIpc) is 2.60. The van der Waals surface area contributed by atoms with Gasteiger partial charge in [0.15, 0.2) is 5.11 Å². The van der Waals surface area contributed by atoms with E-state index in [2.05, 4.69) is 5.32 Å². The number of rotatable bonds is 3. The van der Waals surface area contributed by atoms with Gasteiger partial charge in [0, 0.05) is 0 Å². The highest BCUT2D eigenvalue weighted by molar-refractivity contribution is 7.80. The van der Waals surface area contributed by atoms with Gasteiger partial charge < -0.3 is 5.11 Å². The maximum atomic E-state index is 13.1. The number of nitrogens with zero attached hydrogens (tertiary/aromatic N) is 1. The molecule has 0 atom stereocenters. The minimum absolute atomic E-state index is 0.0840. The molecular weight excluding hydrogens is 359 g/mol. The second-order valence-electron chi connectivity index (χ2n) is 5.36. The van der Waals surface area contributed by atoms with Gasteiger partial charge in [-0.2, -0.15) is 0 Å². The first-order valence-corrected chi connectivity index (χ1v) is 7.78. The summed E-state index contributed by atoms with van der Waals surface area (Å²) in [4.78, 5) is 36.9. The summed E-state index contributed by atoms with van der Waals surface area (Å²) in [5.74, 6) is -2.88. The number of amides is 2. The number of carbonyl (C=O) groups is 3. The minimum atomic E-state index is -1.08. The van der Waals surface area contributed by atoms with Gasteiger partial charge in [0.05, 0.1) is 11.3 Å². The molecule has 2 N–H and O–H groups in total. The lowest BCUT2D eigenvalue weighted by molar-refractivity contribution is -0.122. The van der Waals surface area contributed by atoms with Crippen molar-refractivity contribution < 1.29 is 23.9 Å². The summed E-state index contributed by atoms with van der Waals surface area (Å²) in [5.41, 5.74) is 0.695. The molecule has 0 radical (unpaired) electrons. The number of carbonyl (C=O) groups excluding carboxylic acids is 2. The molecule has 0 aromatic heterocycles. The molecule has 2 aromatic rings. The van der Waals surface area contributed by atoms with E-state index >= 15 is 0 Å². The topological polar surface area (TPSA) is 86.7 Å². The third kappa shape index (κ3) is 3.35. The van der Waals surface area contributed by atoms with Crippen molar-refractivity contribution in [2.24, 2.45) is 0 Å². The Morgan fingerprint density at radius 1 is 1.08 bits per heavy atom. The van der Waals surface area contributed by atoms with E-state index in [1.54, 1.807) is 0 Å². The standard InChI is InChI=1S/C18H11FN2O4S/c19-12-5-7-13(8-6-12)21-16(23)14(15(22)20-18(21)26)9-10-1-3-11(4-2-10)17(24)25/h1-9H,(H,24,25)(H,20,22,26). The summed E-state index contributed by atoms with van der Waals surface area (Å²) in [5, 5.41) is 11.2. The first-order valence-electron chi connectivity index (χ1n) is 7.37.